The van der Waals surface area contributed by atoms with Gasteiger partial charge in [-0.05, 0) is 99.9 Å². The molecule has 0 radical (unpaired) electrons. The largest absolute Gasteiger partial charge is 0.317 e. The van der Waals surface area contributed by atoms with E-state index in [9.17, 15) is 0 Å². The molecule has 3 heteroatoms. The van der Waals surface area contributed by atoms with E-state index in [0.717, 1.165) is 0 Å². The molecule has 0 atom stereocenters. The molecule has 0 aliphatic heterocycles. The third kappa shape index (κ3) is 3.88. The van der Waals surface area contributed by atoms with Crippen LogP contribution in [-0.4, -0.2) is 9.13 Å². The van der Waals surface area contributed by atoms with Gasteiger partial charge in [0.15, 0.2) is 0 Å². The lowest BCUT2D eigenvalue weighted by Crippen LogP contribution is -1.94. The van der Waals surface area contributed by atoms with Crippen molar-refractivity contribution in [2.45, 2.75) is 0 Å². The zero-order valence-corrected chi connectivity index (χ0v) is 27.3. The number of fused-ring (bicyclic) bond motifs is 10. The predicted molar refractivity (Wildman–Crippen MR) is 211 cm³/mol. The average Bonchev–Trinajstić information content (AvgIpc) is 3.85. The van der Waals surface area contributed by atoms with Crippen molar-refractivity contribution < 1.29 is 0 Å². The summed E-state index contributed by atoms with van der Waals surface area (Å²) in [6, 6.07) is 60.3. The van der Waals surface area contributed by atoms with Crippen LogP contribution < -0.4 is 0 Å². The molecule has 0 fully saturated rings. The van der Waals surface area contributed by atoms with Crippen molar-refractivity contribution in [1.29, 1.82) is 0 Å². The van der Waals surface area contributed by atoms with Crippen LogP contribution in [0.4, 0.5) is 0 Å². The molecule has 2 nitrogen and oxygen atoms in total. The summed E-state index contributed by atoms with van der Waals surface area (Å²) in [4.78, 5) is 0. The van der Waals surface area contributed by atoms with Gasteiger partial charge in [-0.1, -0.05) is 91.0 Å². The molecule has 3 heterocycles. The van der Waals surface area contributed by atoms with Crippen molar-refractivity contribution in [1.82, 2.24) is 9.13 Å². The summed E-state index contributed by atoms with van der Waals surface area (Å²) >= 11 is 1.90. The molecular weight excluding hydrogens is 613 g/mol. The highest BCUT2D eigenvalue weighted by atomic mass is 32.1. The van der Waals surface area contributed by atoms with E-state index in [1.807, 2.05) is 11.3 Å². The molecule has 228 valence electrons. The first-order valence-corrected chi connectivity index (χ1v) is 17.6. The second kappa shape index (κ2) is 10.2. The normalized spacial score (nSPS) is 12.1. The van der Waals surface area contributed by atoms with Crippen LogP contribution >= 0.6 is 11.3 Å². The van der Waals surface area contributed by atoms with E-state index in [4.69, 9.17) is 0 Å². The number of aromatic nitrogens is 2. The first kappa shape index (κ1) is 26.9. The molecule has 0 bridgehead atoms. The molecule has 0 unspecified atom stereocenters. The minimum atomic E-state index is 1.17. The third-order valence-electron chi connectivity index (χ3n) is 10.3. The zero-order valence-electron chi connectivity index (χ0n) is 26.5. The van der Waals surface area contributed by atoms with Gasteiger partial charge in [-0.2, -0.15) is 0 Å². The Bertz CT molecular complexity index is 3090. The molecular formula is C46H28N2S. The van der Waals surface area contributed by atoms with Crippen LogP contribution in [0, 0.1) is 0 Å². The third-order valence-corrected chi connectivity index (χ3v) is 11.5. The zero-order chi connectivity index (χ0) is 32.1. The van der Waals surface area contributed by atoms with Gasteiger partial charge in [0.1, 0.15) is 0 Å². The van der Waals surface area contributed by atoms with Crippen molar-refractivity contribution in [3.05, 3.63) is 170 Å². The fourth-order valence-electron chi connectivity index (χ4n) is 8.10. The Hall–Kier alpha value is -6.16. The van der Waals surface area contributed by atoms with Gasteiger partial charge in [-0.15, -0.1) is 11.3 Å². The van der Waals surface area contributed by atoms with E-state index in [0.29, 0.717) is 0 Å². The van der Waals surface area contributed by atoms with E-state index in [1.54, 1.807) is 0 Å². The number of thiophene rings is 1. The fraction of sp³-hybridized carbons (Fsp3) is 0. The Kier molecular flexibility index (Phi) is 5.57. The maximum Gasteiger partial charge on any atom is 0.0547 e. The number of hydrogen-bond donors (Lipinski definition) is 0. The summed E-state index contributed by atoms with van der Waals surface area (Å²) in [6.45, 7) is 0. The van der Waals surface area contributed by atoms with Crippen LogP contribution in [0.5, 0.6) is 0 Å². The molecule has 8 aromatic carbocycles. The van der Waals surface area contributed by atoms with E-state index >= 15 is 0 Å². The molecule has 49 heavy (non-hydrogen) atoms. The Balaban J connectivity index is 1.31. The van der Waals surface area contributed by atoms with Gasteiger partial charge in [0.2, 0.25) is 0 Å². The number of hydrogen-bond acceptors (Lipinski definition) is 1. The summed E-state index contributed by atoms with van der Waals surface area (Å²) < 4.78 is 7.40. The molecule has 11 aromatic rings. The van der Waals surface area contributed by atoms with E-state index in [-0.39, 0.29) is 0 Å². The number of nitrogens with zero attached hydrogens (tertiary/aromatic N) is 2. The van der Waals surface area contributed by atoms with Crippen LogP contribution in [-0.2, 0) is 0 Å². The summed E-state index contributed by atoms with van der Waals surface area (Å²) in [5.41, 5.74) is 8.55. The molecule has 0 spiro atoms. The lowest BCUT2D eigenvalue weighted by Gasteiger charge is -2.15. The van der Waals surface area contributed by atoms with Gasteiger partial charge in [-0.25, -0.2) is 0 Å². The fourth-order valence-corrected chi connectivity index (χ4v) is 9.33. The Morgan fingerprint density at radius 2 is 1.10 bits per heavy atom. The topological polar surface area (TPSA) is 9.86 Å². The number of rotatable bonds is 3. The van der Waals surface area contributed by atoms with Crippen molar-refractivity contribution in [3.63, 3.8) is 0 Å². The lowest BCUT2D eigenvalue weighted by molar-refractivity contribution is 1.13. The second-order valence-electron chi connectivity index (χ2n) is 13.0. The van der Waals surface area contributed by atoms with Crippen LogP contribution in [0.15, 0.2) is 170 Å². The van der Waals surface area contributed by atoms with Crippen molar-refractivity contribution >= 4 is 85.8 Å². The molecule has 11 rings (SSSR count). The van der Waals surface area contributed by atoms with Gasteiger partial charge in [0, 0.05) is 59.5 Å². The van der Waals surface area contributed by atoms with E-state index < -0.39 is 0 Å². The first-order valence-electron chi connectivity index (χ1n) is 16.8. The Morgan fingerprint density at radius 1 is 0.367 bits per heavy atom. The molecule has 0 amide bonds. The van der Waals surface area contributed by atoms with Gasteiger partial charge < -0.3 is 9.13 Å². The monoisotopic (exact) mass is 640 g/mol. The van der Waals surface area contributed by atoms with Crippen LogP contribution in [0.2, 0.25) is 0 Å². The highest BCUT2D eigenvalue weighted by Gasteiger charge is 2.19. The first-order chi connectivity index (χ1) is 24.3. The van der Waals surface area contributed by atoms with Crippen LogP contribution in [0.1, 0.15) is 0 Å². The Labute approximate surface area is 286 Å². The number of para-hydroxylation sites is 3. The summed E-state index contributed by atoms with van der Waals surface area (Å²) in [5, 5.41) is 11.5. The minimum absolute atomic E-state index is 1.17. The molecule has 0 aliphatic rings. The van der Waals surface area contributed by atoms with Gasteiger partial charge in [0.25, 0.3) is 0 Å². The Morgan fingerprint density at radius 3 is 1.96 bits per heavy atom. The highest BCUT2D eigenvalue weighted by Crippen LogP contribution is 2.46. The van der Waals surface area contributed by atoms with E-state index in [1.165, 1.54) is 96.9 Å². The minimum Gasteiger partial charge on any atom is -0.317 e. The second-order valence-corrected chi connectivity index (χ2v) is 14.0. The van der Waals surface area contributed by atoms with Crippen molar-refractivity contribution in [3.8, 4) is 22.5 Å². The van der Waals surface area contributed by atoms with Gasteiger partial charge >= 0.3 is 0 Å². The quantitative estimate of drug-likeness (QED) is 0.170. The highest BCUT2D eigenvalue weighted by molar-refractivity contribution is 7.26. The van der Waals surface area contributed by atoms with Gasteiger partial charge in [0.05, 0.1) is 16.6 Å². The van der Waals surface area contributed by atoms with Gasteiger partial charge in [-0.3, -0.25) is 0 Å². The summed E-state index contributed by atoms with van der Waals surface area (Å²) in [6.07, 6.45) is 2.20. The van der Waals surface area contributed by atoms with Crippen LogP contribution in [0.25, 0.3) is 96.9 Å². The summed E-state index contributed by atoms with van der Waals surface area (Å²) in [5.74, 6) is 0. The van der Waals surface area contributed by atoms with Crippen molar-refractivity contribution in [2.24, 2.45) is 0 Å². The average molecular weight is 641 g/mol. The van der Waals surface area contributed by atoms with Crippen LogP contribution in [0.3, 0.4) is 0 Å². The standard InChI is InChI=1S/C46H28N2S/c1-3-12-31(13-4-1)47-23-22-29-24-37-30(26-43(29)47)25-38(36-19-11-18-35-34-17-8-10-21-45(34)49-46(35)36)40-28-44-41(27-39(37)40)33-16-7-9-20-42(33)48(44)32-14-5-2-6-15-32/h1-28H. The molecule has 0 saturated heterocycles. The molecule has 0 saturated carbocycles. The maximum atomic E-state index is 2.46. The lowest BCUT2D eigenvalue weighted by atomic mass is 9.91. The molecule has 0 aliphatic carbocycles. The van der Waals surface area contributed by atoms with E-state index in [2.05, 4.69) is 179 Å². The van der Waals surface area contributed by atoms with Crippen molar-refractivity contribution in [2.75, 3.05) is 0 Å². The predicted octanol–water partition coefficient (Wildman–Crippen LogP) is 13.1. The summed E-state index contributed by atoms with van der Waals surface area (Å²) in [7, 11) is 0. The molecule has 0 N–H and O–H groups in total. The SMILES string of the molecule is c1ccc(-n2ccc3cc4c(cc(-c5cccc6c5sc5ccccc56)c5cc6c(cc54)c4ccccc4n6-c4ccccc4)cc32)cc1. The smallest absolute Gasteiger partial charge is 0.0547 e. The number of benzene rings is 8. The molecule has 3 aromatic heterocycles. The maximum absolute atomic E-state index is 2.46.